The molecule has 0 heterocycles. The molecule has 0 atom stereocenters. The normalized spacial score (nSPS) is 11.8. The lowest BCUT2D eigenvalue weighted by atomic mass is 9.77. The van der Waals surface area contributed by atoms with Gasteiger partial charge in [0.2, 0.25) is 0 Å². The Morgan fingerprint density at radius 2 is 1.21 bits per heavy atom. The van der Waals surface area contributed by atoms with E-state index in [2.05, 4.69) is 52.0 Å². The summed E-state index contributed by atoms with van der Waals surface area (Å²) in [6.45, 7) is 8.84. The molecule has 1 heteroatoms. The van der Waals surface area contributed by atoms with Crippen LogP contribution in [0.2, 0.25) is 0 Å². The molecule has 100 valence electrons. The fraction of sp³-hybridized carbons (Fsp3) is 0.333. The highest BCUT2D eigenvalue weighted by Crippen LogP contribution is 2.32. The minimum absolute atomic E-state index is 0.0524. The van der Waals surface area contributed by atoms with Crippen LogP contribution in [0.3, 0.4) is 0 Å². The molecule has 0 amide bonds. The van der Waals surface area contributed by atoms with Crippen molar-refractivity contribution >= 4 is 0 Å². The molecule has 0 aliphatic heterocycles. The Balaban J connectivity index is 2.35. The van der Waals surface area contributed by atoms with Gasteiger partial charge in [-0.15, -0.1) is 0 Å². The van der Waals surface area contributed by atoms with Gasteiger partial charge in [0.1, 0.15) is 5.75 Å². The molecule has 0 aliphatic carbocycles. The van der Waals surface area contributed by atoms with Gasteiger partial charge in [-0.05, 0) is 34.7 Å². The highest BCUT2D eigenvalue weighted by Gasteiger charge is 2.22. The van der Waals surface area contributed by atoms with Crippen LogP contribution < -0.4 is 0 Å². The molecular formula is C18H22O. The SMILES string of the molecule is CC(C)c1ccc(C(C)(C)c2ccc(O)cc2)cc1. The van der Waals surface area contributed by atoms with E-state index in [1.807, 2.05) is 12.1 Å². The van der Waals surface area contributed by atoms with E-state index in [9.17, 15) is 5.11 Å². The molecule has 0 aliphatic rings. The summed E-state index contributed by atoms with van der Waals surface area (Å²) in [4.78, 5) is 0. The second-order valence-electron chi connectivity index (χ2n) is 5.95. The monoisotopic (exact) mass is 254 g/mol. The van der Waals surface area contributed by atoms with E-state index in [1.54, 1.807) is 12.1 Å². The van der Waals surface area contributed by atoms with Crippen LogP contribution in [0.25, 0.3) is 0 Å². The van der Waals surface area contributed by atoms with Crippen LogP contribution in [-0.4, -0.2) is 5.11 Å². The molecule has 19 heavy (non-hydrogen) atoms. The third-order valence-corrected chi connectivity index (χ3v) is 3.89. The van der Waals surface area contributed by atoms with E-state index in [4.69, 9.17) is 0 Å². The fourth-order valence-electron chi connectivity index (χ4n) is 2.33. The first-order valence-electron chi connectivity index (χ1n) is 6.81. The number of rotatable bonds is 3. The standard InChI is InChI=1S/C18H22O/c1-13(2)14-5-7-15(8-6-14)18(3,4)16-9-11-17(19)12-10-16/h5-13,19H,1-4H3. The van der Waals surface area contributed by atoms with Gasteiger partial charge < -0.3 is 5.11 Å². The van der Waals surface area contributed by atoms with E-state index in [0.29, 0.717) is 11.7 Å². The highest BCUT2D eigenvalue weighted by molar-refractivity contribution is 5.40. The lowest BCUT2D eigenvalue weighted by Gasteiger charge is -2.26. The lowest BCUT2D eigenvalue weighted by Crippen LogP contribution is -2.18. The second-order valence-corrected chi connectivity index (χ2v) is 5.95. The average Bonchev–Trinajstić information content (AvgIpc) is 2.39. The second kappa shape index (κ2) is 5.08. The van der Waals surface area contributed by atoms with Crippen molar-refractivity contribution in [3.8, 4) is 5.75 Å². The van der Waals surface area contributed by atoms with Gasteiger partial charge in [0.05, 0.1) is 0 Å². The maximum Gasteiger partial charge on any atom is 0.115 e. The van der Waals surface area contributed by atoms with E-state index in [-0.39, 0.29) is 5.41 Å². The summed E-state index contributed by atoms with van der Waals surface area (Å²) in [5.41, 5.74) is 3.82. The van der Waals surface area contributed by atoms with Gasteiger partial charge in [0.15, 0.2) is 0 Å². The summed E-state index contributed by atoms with van der Waals surface area (Å²) in [6, 6.07) is 16.3. The maximum atomic E-state index is 9.39. The maximum absolute atomic E-state index is 9.39. The van der Waals surface area contributed by atoms with Crippen LogP contribution in [0, 0.1) is 0 Å². The summed E-state index contributed by atoms with van der Waals surface area (Å²) in [6.07, 6.45) is 0. The van der Waals surface area contributed by atoms with Crippen molar-refractivity contribution in [3.63, 3.8) is 0 Å². The zero-order valence-corrected chi connectivity index (χ0v) is 12.1. The molecule has 2 rings (SSSR count). The Morgan fingerprint density at radius 3 is 1.63 bits per heavy atom. The number of phenols is 1. The molecule has 0 aromatic heterocycles. The van der Waals surface area contributed by atoms with Crippen LogP contribution in [0.4, 0.5) is 0 Å². The molecule has 0 spiro atoms. The highest BCUT2D eigenvalue weighted by atomic mass is 16.3. The molecule has 1 N–H and O–H groups in total. The minimum atomic E-state index is -0.0524. The van der Waals surface area contributed by atoms with Crippen molar-refractivity contribution in [3.05, 3.63) is 65.2 Å². The van der Waals surface area contributed by atoms with Crippen LogP contribution in [0.15, 0.2) is 48.5 Å². The molecule has 0 radical (unpaired) electrons. The van der Waals surface area contributed by atoms with Gasteiger partial charge in [0, 0.05) is 5.41 Å². The molecule has 1 nitrogen and oxygen atoms in total. The topological polar surface area (TPSA) is 20.2 Å². The first-order chi connectivity index (χ1) is 8.91. The van der Waals surface area contributed by atoms with E-state index in [1.165, 1.54) is 16.7 Å². The van der Waals surface area contributed by atoms with E-state index in [0.717, 1.165) is 0 Å². The predicted molar refractivity (Wildman–Crippen MR) is 80.8 cm³/mol. The van der Waals surface area contributed by atoms with Gasteiger partial charge in [-0.25, -0.2) is 0 Å². The largest absolute Gasteiger partial charge is 0.508 e. The van der Waals surface area contributed by atoms with Crippen molar-refractivity contribution in [2.24, 2.45) is 0 Å². The van der Waals surface area contributed by atoms with E-state index < -0.39 is 0 Å². The quantitative estimate of drug-likeness (QED) is 0.830. The fourth-order valence-corrected chi connectivity index (χ4v) is 2.33. The Hall–Kier alpha value is -1.76. The summed E-state index contributed by atoms with van der Waals surface area (Å²) in [5.74, 6) is 0.876. The molecule has 0 saturated heterocycles. The average molecular weight is 254 g/mol. The Kier molecular flexibility index (Phi) is 3.66. The Labute approximate surface area is 115 Å². The smallest absolute Gasteiger partial charge is 0.115 e. The van der Waals surface area contributed by atoms with Gasteiger partial charge >= 0.3 is 0 Å². The number of hydrogen-bond acceptors (Lipinski definition) is 1. The third-order valence-electron chi connectivity index (χ3n) is 3.89. The number of hydrogen-bond donors (Lipinski definition) is 1. The van der Waals surface area contributed by atoms with Crippen molar-refractivity contribution in [2.75, 3.05) is 0 Å². The lowest BCUT2D eigenvalue weighted by molar-refractivity contribution is 0.474. The molecule has 0 unspecified atom stereocenters. The van der Waals surface area contributed by atoms with Crippen LogP contribution >= 0.6 is 0 Å². The van der Waals surface area contributed by atoms with Gasteiger partial charge in [-0.1, -0.05) is 64.1 Å². The number of benzene rings is 2. The predicted octanol–water partition coefficient (Wildman–Crippen LogP) is 4.84. The van der Waals surface area contributed by atoms with Crippen LogP contribution in [-0.2, 0) is 5.41 Å². The van der Waals surface area contributed by atoms with Crippen molar-refractivity contribution in [1.29, 1.82) is 0 Å². The molecular weight excluding hydrogens is 232 g/mol. The molecule has 0 saturated carbocycles. The summed E-state index contributed by atoms with van der Waals surface area (Å²) in [5, 5.41) is 9.39. The minimum Gasteiger partial charge on any atom is -0.508 e. The summed E-state index contributed by atoms with van der Waals surface area (Å²) in [7, 11) is 0. The zero-order chi connectivity index (χ0) is 14.0. The number of aromatic hydroxyl groups is 1. The molecule has 0 fully saturated rings. The summed E-state index contributed by atoms with van der Waals surface area (Å²) >= 11 is 0. The molecule has 2 aromatic rings. The Morgan fingerprint density at radius 1 is 0.789 bits per heavy atom. The van der Waals surface area contributed by atoms with Crippen molar-refractivity contribution in [1.82, 2.24) is 0 Å². The molecule has 0 bridgehead atoms. The molecule has 2 aromatic carbocycles. The zero-order valence-electron chi connectivity index (χ0n) is 12.1. The van der Waals surface area contributed by atoms with Crippen LogP contribution in [0.5, 0.6) is 5.75 Å². The van der Waals surface area contributed by atoms with Gasteiger partial charge in [0.25, 0.3) is 0 Å². The summed E-state index contributed by atoms with van der Waals surface area (Å²) < 4.78 is 0. The van der Waals surface area contributed by atoms with Gasteiger partial charge in [-0.3, -0.25) is 0 Å². The van der Waals surface area contributed by atoms with Gasteiger partial charge in [-0.2, -0.15) is 0 Å². The van der Waals surface area contributed by atoms with Crippen molar-refractivity contribution in [2.45, 2.75) is 39.0 Å². The van der Waals surface area contributed by atoms with Crippen LogP contribution in [0.1, 0.15) is 50.3 Å². The van der Waals surface area contributed by atoms with E-state index >= 15 is 0 Å². The first-order valence-corrected chi connectivity index (χ1v) is 6.81. The Bertz CT molecular complexity index is 533. The van der Waals surface area contributed by atoms with Crippen molar-refractivity contribution < 1.29 is 5.11 Å². The number of phenolic OH excluding ortho intramolecular Hbond substituents is 1. The third kappa shape index (κ3) is 2.81. The first kappa shape index (κ1) is 13.7.